The zero-order chi connectivity index (χ0) is 13.5. The van der Waals surface area contributed by atoms with Crippen LogP contribution in [0.2, 0.25) is 0 Å². The summed E-state index contributed by atoms with van der Waals surface area (Å²) in [6, 6.07) is 8.50. The number of thiophene rings is 1. The summed E-state index contributed by atoms with van der Waals surface area (Å²) in [6.45, 7) is 0.773. The highest BCUT2D eigenvalue weighted by Gasteiger charge is 2.56. The van der Waals surface area contributed by atoms with Gasteiger partial charge in [0, 0.05) is 17.2 Å². The molecule has 2 saturated carbocycles. The van der Waals surface area contributed by atoms with Gasteiger partial charge in [-0.25, -0.2) is 0 Å². The molecule has 2 aliphatic rings. The molecule has 104 valence electrons. The Labute approximate surface area is 123 Å². The van der Waals surface area contributed by atoms with Crippen LogP contribution in [-0.2, 0) is 11.2 Å². The van der Waals surface area contributed by atoms with Crippen molar-refractivity contribution in [2.24, 2.45) is 17.8 Å². The maximum atomic E-state index is 12.1. The number of amides is 1. The minimum atomic E-state index is 0.305. The van der Waals surface area contributed by atoms with Gasteiger partial charge in [0.25, 0.3) is 0 Å². The van der Waals surface area contributed by atoms with E-state index in [1.165, 1.54) is 34.9 Å². The first-order valence-corrected chi connectivity index (χ1v) is 8.45. The second-order valence-corrected chi connectivity index (χ2v) is 6.99. The quantitative estimate of drug-likeness (QED) is 0.913. The molecule has 2 atom stereocenters. The molecule has 2 fully saturated rings. The monoisotopic (exact) mass is 285 g/mol. The zero-order valence-electron chi connectivity index (χ0n) is 11.5. The normalized spacial score (nSPS) is 27.5. The van der Waals surface area contributed by atoms with Gasteiger partial charge in [0.15, 0.2) is 0 Å². The van der Waals surface area contributed by atoms with Gasteiger partial charge >= 0.3 is 0 Å². The van der Waals surface area contributed by atoms with Crippen molar-refractivity contribution in [3.05, 3.63) is 35.2 Å². The summed E-state index contributed by atoms with van der Waals surface area (Å²) < 4.78 is 1.34. The lowest BCUT2D eigenvalue weighted by Gasteiger charge is -2.06. The summed E-state index contributed by atoms with van der Waals surface area (Å²) in [7, 11) is 0. The standard InChI is InChI=1S/C17H19NOS/c19-17(16-13-5-3-6-14(13)16)18-9-8-11-10-20-15-7-2-1-4-12(11)15/h1-2,4,7,10,13-14,16H,3,5-6,8-9H2,(H,18,19). The predicted octanol–water partition coefficient (Wildman–Crippen LogP) is 3.61. The van der Waals surface area contributed by atoms with Gasteiger partial charge in [0.2, 0.25) is 5.91 Å². The number of carbonyl (C=O) groups excluding carboxylic acids is 1. The van der Waals surface area contributed by atoms with Crippen molar-refractivity contribution in [1.29, 1.82) is 0 Å². The molecule has 0 saturated heterocycles. The third-order valence-electron chi connectivity index (χ3n) is 4.96. The predicted molar refractivity (Wildman–Crippen MR) is 82.9 cm³/mol. The van der Waals surface area contributed by atoms with Gasteiger partial charge in [0.05, 0.1) is 0 Å². The fourth-order valence-corrected chi connectivity index (χ4v) is 4.87. The molecule has 2 unspecified atom stereocenters. The largest absolute Gasteiger partial charge is 0.356 e. The first kappa shape index (κ1) is 12.4. The van der Waals surface area contributed by atoms with Crippen LogP contribution in [0.5, 0.6) is 0 Å². The van der Waals surface area contributed by atoms with E-state index in [9.17, 15) is 4.79 Å². The third-order valence-corrected chi connectivity index (χ3v) is 5.98. The molecule has 1 amide bonds. The molecule has 2 aliphatic carbocycles. The summed E-state index contributed by atoms with van der Waals surface area (Å²) >= 11 is 1.79. The molecule has 0 bridgehead atoms. The molecule has 3 heteroatoms. The highest BCUT2D eigenvalue weighted by atomic mass is 32.1. The van der Waals surface area contributed by atoms with E-state index in [0.717, 1.165) is 24.8 Å². The Morgan fingerprint density at radius 1 is 1.25 bits per heavy atom. The van der Waals surface area contributed by atoms with Crippen LogP contribution in [0.4, 0.5) is 0 Å². The molecule has 0 spiro atoms. The molecular formula is C17H19NOS. The highest BCUT2D eigenvalue weighted by molar-refractivity contribution is 7.17. The van der Waals surface area contributed by atoms with Crippen molar-refractivity contribution in [2.45, 2.75) is 25.7 Å². The average molecular weight is 285 g/mol. The van der Waals surface area contributed by atoms with E-state index in [0.29, 0.717) is 11.8 Å². The Morgan fingerprint density at radius 2 is 2.05 bits per heavy atom. The van der Waals surface area contributed by atoms with Crippen LogP contribution in [0.3, 0.4) is 0 Å². The average Bonchev–Trinajstić information content (AvgIpc) is 2.84. The SMILES string of the molecule is O=C(NCCc1csc2ccccc12)C1C2CCCC21. The maximum absolute atomic E-state index is 12.1. The molecule has 1 heterocycles. The summed E-state index contributed by atoms with van der Waals surface area (Å²) in [4.78, 5) is 12.1. The Kier molecular flexibility index (Phi) is 3.03. The number of hydrogen-bond donors (Lipinski definition) is 1. The van der Waals surface area contributed by atoms with Gasteiger partial charge < -0.3 is 5.32 Å². The van der Waals surface area contributed by atoms with Crippen LogP contribution in [0.15, 0.2) is 29.6 Å². The van der Waals surface area contributed by atoms with Crippen molar-refractivity contribution in [3.8, 4) is 0 Å². The van der Waals surface area contributed by atoms with E-state index in [2.05, 4.69) is 35.0 Å². The van der Waals surface area contributed by atoms with E-state index >= 15 is 0 Å². The second-order valence-electron chi connectivity index (χ2n) is 6.08. The van der Waals surface area contributed by atoms with E-state index in [4.69, 9.17) is 0 Å². The van der Waals surface area contributed by atoms with Crippen molar-refractivity contribution in [1.82, 2.24) is 5.32 Å². The fourth-order valence-electron chi connectivity index (χ4n) is 3.87. The van der Waals surface area contributed by atoms with Crippen molar-refractivity contribution < 1.29 is 4.79 Å². The lowest BCUT2D eigenvalue weighted by Crippen LogP contribution is -2.28. The number of rotatable bonds is 4. The smallest absolute Gasteiger partial charge is 0.223 e. The van der Waals surface area contributed by atoms with Crippen molar-refractivity contribution in [3.63, 3.8) is 0 Å². The Balaban J connectivity index is 1.33. The van der Waals surface area contributed by atoms with E-state index in [1.807, 2.05) is 0 Å². The number of carbonyl (C=O) groups is 1. The van der Waals surface area contributed by atoms with E-state index in [1.54, 1.807) is 11.3 Å². The number of hydrogen-bond acceptors (Lipinski definition) is 2. The minimum absolute atomic E-state index is 0.305. The molecule has 0 aliphatic heterocycles. The van der Waals surface area contributed by atoms with Crippen LogP contribution in [0.1, 0.15) is 24.8 Å². The van der Waals surface area contributed by atoms with Crippen LogP contribution in [-0.4, -0.2) is 12.5 Å². The minimum Gasteiger partial charge on any atom is -0.356 e. The Morgan fingerprint density at radius 3 is 2.90 bits per heavy atom. The van der Waals surface area contributed by atoms with Crippen molar-refractivity contribution in [2.75, 3.05) is 6.54 Å². The van der Waals surface area contributed by atoms with E-state index < -0.39 is 0 Å². The fraction of sp³-hybridized carbons (Fsp3) is 0.471. The molecule has 1 aromatic carbocycles. The zero-order valence-corrected chi connectivity index (χ0v) is 12.3. The van der Waals surface area contributed by atoms with Crippen molar-refractivity contribution >= 4 is 27.3 Å². The molecule has 2 nitrogen and oxygen atoms in total. The summed E-state index contributed by atoms with van der Waals surface area (Å²) in [5, 5.41) is 6.71. The molecule has 4 rings (SSSR count). The van der Waals surface area contributed by atoms with Crippen LogP contribution in [0.25, 0.3) is 10.1 Å². The van der Waals surface area contributed by atoms with Gasteiger partial charge in [-0.3, -0.25) is 4.79 Å². The molecule has 20 heavy (non-hydrogen) atoms. The Hall–Kier alpha value is -1.35. The first-order valence-electron chi connectivity index (χ1n) is 7.57. The Bertz CT molecular complexity index is 637. The molecule has 0 radical (unpaired) electrons. The second kappa shape index (κ2) is 4.88. The summed E-state index contributed by atoms with van der Waals surface area (Å²) in [5.74, 6) is 2.09. The van der Waals surface area contributed by atoms with E-state index in [-0.39, 0.29) is 0 Å². The number of benzene rings is 1. The van der Waals surface area contributed by atoms with Gasteiger partial charge in [-0.1, -0.05) is 24.6 Å². The molecular weight excluding hydrogens is 266 g/mol. The lowest BCUT2D eigenvalue weighted by atomic mass is 10.1. The summed E-state index contributed by atoms with van der Waals surface area (Å²) in [5.41, 5.74) is 1.36. The summed E-state index contributed by atoms with van der Waals surface area (Å²) in [6.07, 6.45) is 4.83. The molecule has 2 aromatic rings. The molecule has 1 N–H and O–H groups in total. The number of nitrogens with one attached hydrogen (secondary N) is 1. The topological polar surface area (TPSA) is 29.1 Å². The van der Waals surface area contributed by atoms with Crippen LogP contribution >= 0.6 is 11.3 Å². The van der Waals surface area contributed by atoms with Crippen LogP contribution in [0, 0.1) is 17.8 Å². The third kappa shape index (κ3) is 2.05. The van der Waals surface area contributed by atoms with Gasteiger partial charge in [-0.15, -0.1) is 11.3 Å². The highest BCUT2D eigenvalue weighted by Crippen LogP contribution is 2.57. The lowest BCUT2D eigenvalue weighted by molar-refractivity contribution is -0.123. The van der Waals surface area contributed by atoms with Crippen LogP contribution < -0.4 is 5.32 Å². The van der Waals surface area contributed by atoms with Gasteiger partial charge in [0.1, 0.15) is 0 Å². The molecule has 1 aromatic heterocycles. The van der Waals surface area contributed by atoms with Gasteiger partial charge in [-0.2, -0.15) is 0 Å². The first-order chi connectivity index (χ1) is 9.84. The maximum Gasteiger partial charge on any atom is 0.223 e. The van der Waals surface area contributed by atoms with Gasteiger partial charge in [-0.05, 0) is 53.5 Å². The number of fused-ring (bicyclic) bond motifs is 2.